The first-order valence-corrected chi connectivity index (χ1v) is 7.94. The molecule has 0 unspecified atom stereocenters. The maximum absolute atomic E-state index is 11.4. The van der Waals surface area contributed by atoms with E-state index in [9.17, 15) is 4.79 Å². The highest BCUT2D eigenvalue weighted by Crippen LogP contribution is 2.34. The van der Waals surface area contributed by atoms with Crippen LogP contribution in [0, 0.1) is 0 Å². The molecule has 21 heavy (non-hydrogen) atoms. The SMILES string of the molecule is COC(=O)Cc1ccc2c(c1)CCCc1cc(Br)ccc1-2. The van der Waals surface area contributed by atoms with Crippen LogP contribution in [-0.4, -0.2) is 13.1 Å². The number of carbonyl (C=O) groups is 1. The molecule has 0 saturated carbocycles. The molecule has 0 fully saturated rings. The Morgan fingerprint density at radius 3 is 2.48 bits per heavy atom. The minimum atomic E-state index is -0.187. The summed E-state index contributed by atoms with van der Waals surface area (Å²) in [6.45, 7) is 0. The number of methoxy groups -OCH3 is 1. The summed E-state index contributed by atoms with van der Waals surface area (Å²) in [7, 11) is 1.43. The highest BCUT2D eigenvalue weighted by Gasteiger charge is 2.15. The second kappa shape index (κ2) is 6.02. The second-order valence-corrected chi connectivity index (χ2v) is 6.32. The number of hydrogen-bond acceptors (Lipinski definition) is 2. The van der Waals surface area contributed by atoms with Crippen molar-refractivity contribution in [2.75, 3.05) is 7.11 Å². The number of rotatable bonds is 2. The van der Waals surface area contributed by atoms with Gasteiger partial charge in [0.15, 0.2) is 0 Å². The average molecular weight is 345 g/mol. The van der Waals surface area contributed by atoms with Crippen LogP contribution in [0.3, 0.4) is 0 Å². The summed E-state index contributed by atoms with van der Waals surface area (Å²) in [5.41, 5.74) is 6.36. The molecule has 3 rings (SSSR count). The molecule has 0 aliphatic heterocycles. The highest BCUT2D eigenvalue weighted by molar-refractivity contribution is 9.10. The van der Waals surface area contributed by atoms with Gasteiger partial charge in [-0.3, -0.25) is 4.79 Å². The third-order valence-electron chi connectivity index (χ3n) is 4.00. The van der Waals surface area contributed by atoms with Crippen LogP contribution >= 0.6 is 15.9 Å². The lowest BCUT2D eigenvalue weighted by Crippen LogP contribution is -2.05. The van der Waals surface area contributed by atoms with E-state index in [4.69, 9.17) is 4.74 Å². The van der Waals surface area contributed by atoms with E-state index in [-0.39, 0.29) is 5.97 Å². The maximum Gasteiger partial charge on any atom is 0.309 e. The number of esters is 1. The molecular formula is C18H17BrO2. The van der Waals surface area contributed by atoms with Gasteiger partial charge in [-0.1, -0.05) is 40.2 Å². The van der Waals surface area contributed by atoms with Crippen LogP contribution in [0.15, 0.2) is 40.9 Å². The fourth-order valence-electron chi connectivity index (χ4n) is 2.97. The van der Waals surface area contributed by atoms with Gasteiger partial charge in [-0.15, -0.1) is 0 Å². The van der Waals surface area contributed by atoms with E-state index in [1.165, 1.54) is 29.4 Å². The average Bonchev–Trinajstić information content (AvgIpc) is 2.65. The third kappa shape index (κ3) is 3.03. The van der Waals surface area contributed by atoms with E-state index in [0.717, 1.165) is 29.3 Å². The van der Waals surface area contributed by atoms with Gasteiger partial charge >= 0.3 is 5.97 Å². The van der Waals surface area contributed by atoms with E-state index < -0.39 is 0 Å². The Labute approximate surface area is 133 Å². The zero-order valence-corrected chi connectivity index (χ0v) is 13.6. The van der Waals surface area contributed by atoms with Crippen molar-refractivity contribution in [3.05, 3.63) is 57.6 Å². The van der Waals surface area contributed by atoms with E-state index in [2.05, 4.69) is 46.3 Å². The van der Waals surface area contributed by atoms with E-state index in [1.54, 1.807) is 0 Å². The van der Waals surface area contributed by atoms with Crippen molar-refractivity contribution in [3.8, 4) is 11.1 Å². The van der Waals surface area contributed by atoms with Gasteiger partial charge in [-0.2, -0.15) is 0 Å². The van der Waals surface area contributed by atoms with Crippen LogP contribution in [0.1, 0.15) is 23.1 Å². The Morgan fingerprint density at radius 2 is 1.76 bits per heavy atom. The van der Waals surface area contributed by atoms with Crippen LogP contribution in [0.4, 0.5) is 0 Å². The molecule has 0 spiro atoms. The predicted octanol–water partition coefficient (Wildman–Crippen LogP) is 4.32. The summed E-state index contributed by atoms with van der Waals surface area (Å²) in [5, 5.41) is 0. The molecule has 2 nitrogen and oxygen atoms in total. The molecule has 0 bridgehead atoms. The van der Waals surface area contributed by atoms with Crippen LogP contribution in [0.2, 0.25) is 0 Å². The van der Waals surface area contributed by atoms with E-state index >= 15 is 0 Å². The van der Waals surface area contributed by atoms with E-state index in [0.29, 0.717) is 6.42 Å². The van der Waals surface area contributed by atoms with Crippen molar-refractivity contribution in [1.29, 1.82) is 0 Å². The zero-order chi connectivity index (χ0) is 14.8. The van der Waals surface area contributed by atoms with E-state index in [1.807, 2.05) is 6.07 Å². The van der Waals surface area contributed by atoms with Crippen LogP contribution in [0.5, 0.6) is 0 Å². The summed E-state index contributed by atoms with van der Waals surface area (Å²) in [4.78, 5) is 11.4. The first kappa shape index (κ1) is 14.3. The van der Waals surface area contributed by atoms with Gasteiger partial charge in [0.05, 0.1) is 13.5 Å². The Kier molecular flexibility index (Phi) is 4.11. The van der Waals surface area contributed by atoms with Crippen molar-refractivity contribution in [2.24, 2.45) is 0 Å². The summed E-state index contributed by atoms with van der Waals surface area (Å²) in [6, 6.07) is 12.8. The smallest absolute Gasteiger partial charge is 0.309 e. The first-order valence-electron chi connectivity index (χ1n) is 7.15. The van der Waals surface area contributed by atoms with Gasteiger partial charge in [0.2, 0.25) is 0 Å². The third-order valence-corrected chi connectivity index (χ3v) is 4.49. The lowest BCUT2D eigenvalue weighted by Gasteiger charge is -2.11. The number of ether oxygens (including phenoxy) is 1. The fourth-order valence-corrected chi connectivity index (χ4v) is 3.38. The quantitative estimate of drug-likeness (QED) is 0.758. The molecule has 0 aromatic heterocycles. The Balaban J connectivity index is 2.02. The number of benzene rings is 2. The van der Waals surface area contributed by atoms with Crippen molar-refractivity contribution in [2.45, 2.75) is 25.7 Å². The highest BCUT2D eigenvalue weighted by atomic mass is 79.9. The lowest BCUT2D eigenvalue weighted by molar-refractivity contribution is -0.139. The maximum atomic E-state index is 11.4. The molecule has 0 radical (unpaired) electrons. The molecule has 3 heteroatoms. The Morgan fingerprint density at radius 1 is 1.10 bits per heavy atom. The lowest BCUT2D eigenvalue weighted by atomic mass is 9.94. The number of hydrogen-bond donors (Lipinski definition) is 0. The van der Waals surface area contributed by atoms with Gasteiger partial charge in [0, 0.05) is 4.47 Å². The predicted molar refractivity (Wildman–Crippen MR) is 87.3 cm³/mol. The normalized spacial score (nSPS) is 13.0. The molecular weight excluding hydrogens is 328 g/mol. The fraction of sp³-hybridized carbons (Fsp3) is 0.278. The Bertz CT molecular complexity index is 692. The van der Waals surface area contributed by atoms with Crippen molar-refractivity contribution in [3.63, 3.8) is 0 Å². The minimum absolute atomic E-state index is 0.187. The van der Waals surface area contributed by atoms with Gasteiger partial charge in [-0.05, 0) is 59.2 Å². The van der Waals surface area contributed by atoms with Crippen molar-refractivity contribution >= 4 is 21.9 Å². The Hall–Kier alpha value is -1.61. The van der Waals surface area contributed by atoms with Gasteiger partial charge in [0.1, 0.15) is 0 Å². The standard InChI is InChI=1S/C18H17BrO2/c1-21-18(20)10-12-5-7-16-13(9-12)3-2-4-14-11-15(19)6-8-17(14)16/h5-9,11H,2-4,10H2,1H3. The molecule has 0 amide bonds. The monoisotopic (exact) mass is 344 g/mol. The molecule has 0 saturated heterocycles. The van der Waals surface area contributed by atoms with Gasteiger partial charge in [0.25, 0.3) is 0 Å². The number of carbonyl (C=O) groups excluding carboxylic acids is 1. The number of fused-ring (bicyclic) bond motifs is 3. The zero-order valence-electron chi connectivity index (χ0n) is 12.0. The molecule has 2 aromatic rings. The van der Waals surface area contributed by atoms with Gasteiger partial charge < -0.3 is 4.74 Å². The minimum Gasteiger partial charge on any atom is -0.469 e. The summed E-state index contributed by atoms with van der Waals surface area (Å²) in [6.07, 6.45) is 3.63. The molecule has 0 N–H and O–H groups in total. The summed E-state index contributed by atoms with van der Waals surface area (Å²) >= 11 is 3.55. The van der Waals surface area contributed by atoms with Crippen molar-refractivity contribution < 1.29 is 9.53 Å². The molecule has 1 aliphatic carbocycles. The number of aryl methyl sites for hydroxylation is 2. The number of halogens is 1. The molecule has 108 valence electrons. The largest absolute Gasteiger partial charge is 0.469 e. The van der Waals surface area contributed by atoms with Crippen LogP contribution in [-0.2, 0) is 28.8 Å². The van der Waals surface area contributed by atoms with Gasteiger partial charge in [-0.25, -0.2) is 0 Å². The second-order valence-electron chi connectivity index (χ2n) is 5.40. The summed E-state index contributed by atoms with van der Waals surface area (Å²) in [5.74, 6) is -0.187. The molecule has 0 heterocycles. The first-order chi connectivity index (χ1) is 10.2. The topological polar surface area (TPSA) is 26.3 Å². The molecule has 0 atom stereocenters. The van der Waals surface area contributed by atoms with Crippen LogP contribution < -0.4 is 0 Å². The van der Waals surface area contributed by atoms with Crippen molar-refractivity contribution in [1.82, 2.24) is 0 Å². The summed E-state index contributed by atoms with van der Waals surface area (Å²) < 4.78 is 5.88. The van der Waals surface area contributed by atoms with Crippen LogP contribution in [0.25, 0.3) is 11.1 Å². The molecule has 2 aromatic carbocycles. The molecule has 1 aliphatic rings.